The number of carbonyl (C=O) groups excluding carboxylic acids is 4. The highest BCUT2D eigenvalue weighted by Crippen LogP contribution is 2.13. The van der Waals surface area contributed by atoms with Gasteiger partial charge >= 0.3 is 12.1 Å². The van der Waals surface area contributed by atoms with Crippen molar-refractivity contribution in [2.45, 2.75) is 37.5 Å². The van der Waals surface area contributed by atoms with Crippen LogP contribution in [0.5, 0.6) is 0 Å². The van der Waals surface area contributed by atoms with E-state index in [1.165, 1.54) is 6.08 Å². The van der Waals surface area contributed by atoms with Crippen molar-refractivity contribution in [1.29, 1.82) is 5.41 Å². The van der Waals surface area contributed by atoms with Gasteiger partial charge in [-0.05, 0) is 24.8 Å². The van der Waals surface area contributed by atoms with Crippen LogP contribution in [0, 0.1) is 11.3 Å². The quantitative estimate of drug-likeness (QED) is 0.0302. The van der Waals surface area contributed by atoms with E-state index in [1.54, 1.807) is 24.3 Å². The van der Waals surface area contributed by atoms with Gasteiger partial charge in [0.25, 0.3) is 0 Å². The van der Waals surface area contributed by atoms with E-state index in [9.17, 15) is 37.5 Å². The Morgan fingerprint density at radius 3 is 1.95 bits per heavy atom. The highest BCUT2D eigenvalue weighted by Gasteiger charge is 2.38. The van der Waals surface area contributed by atoms with E-state index in [4.69, 9.17) is 38.2 Å². The van der Waals surface area contributed by atoms with Crippen LogP contribution >= 0.6 is 0 Å². The third kappa shape index (κ3) is 15.1. The summed E-state index contributed by atoms with van der Waals surface area (Å²) < 4.78 is 31.7. The zero-order valence-corrected chi connectivity index (χ0v) is 23.4. The number of aliphatic hydroxyl groups is 1. The topological polar surface area (TPSA) is 302 Å². The maximum atomic E-state index is 13.0. The van der Waals surface area contributed by atoms with Crippen molar-refractivity contribution in [3.8, 4) is 0 Å². The van der Waals surface area contributed by atoms with Gasteiger partial charge in [0.15, 0.2) is 5.96 Å². The van der Waals surface area contributed by atoms with Crippen molar-refractivity contribution >= 4 is 41.4 Å². The summed E-state index contributed by atoms with van der Waals surface area (Å²) in [6, 6.07) is 3.84. The normalized spacial score (nSPS) is 12.5. The highest BCUT2D eigenvalue weighted by atomic mass is 19.4. The Bertz CT molecular complexity index is 1200. The van der Waals surface area contributed by atoms with Crippen LogP contribution in [0.15, 0.2) is 41.9 Å². The van der Waals surface area contributed by atoms with Gasteiger partial charge in [0.05, 0.1) is 6.61 Å². The summed E-state index contributed by atoms with van der Waals surface area (Å²) in [6.45, 7) is 3.03. The number of carboxylic acid groups (broad SMARTS) is 1. The lowest BCUT2D eigenvalue weighted by Gasteiger charge is -2.23. The number of benzene rings is 1. The Labute approximate surface area is 249 Å². The molecule has 1 rings (SSSR count). The zero-order chi connectivity index (χ0) is 34.0. The van der Waals surface area contributed by atoms with E-state index in [-0.39, 0.29) is 37.7 Å². The van der Waals surface area contributed by atoms with Crippen LogP contribution < -0.4 is 38.9 Å². The summed E-state index contributed by atoms with van der Waals surface area (Å²) in [7, 11) is 0. The molecule has 0 aliphatic heterocycles. The molecule has 2 unspecified atom stereocenters. The van der Waals surface area contributed by atoms with Gasteiger partial charge in [0.1, 0.15) is 23.8 Å². The number of aliphatic carboxylic acids is 1. The molecule has 0 heterocycles. The molecule has 0 radical (unpaired) electrons. The fraction of sp³-hybridized carbons (Fsp3) is 0.400. The van der Waals surface area contributed by atoms with E-state index < -0.39 is 60.4 Å². The van der Waals surface area contributed by atoms with Crippen molar-refractivity contribution in [3.05, 3.63) is 48.0 Å². The second-order valence-electron chi connectivity index (χ2n) is 8.86. The number of rotatable bonds is 16. The lowest BCUT2D eigenvalue weighted by Crippen LogP contribution is -2.56. The highest BCUT2D eigenvalue weighted by molar-refractivity contribution is 6.02. The van der Waals surface area contributed by atoms with Crippen molar-refractivity contribution in [3.63, 3.8) is 0 Å². The van der Waals surface area contributed by atoms with E-state index in [0.717, 1.165) is 0 Å². The number of aliphatic imine (C=N–C) groups is 1. The smallest absolute Gasteiger partial charge is 0.475 e. The summed E-state index contributed by atoms with van der Waals surface area (Å²) in [5, 5.41) is 31.6. The zero-order valence-electron chi connectivity index (χ0n) is 23.4. The number of carbonyl (C=O) groups is 5. The number of aliphatic hydroxyl groups excluding tert-OH is 1. The SMILES string of the molecule is C=CCNC(=O)C(Cc1ccc(C(=N)N)cc1)C(=O)NC(CO)C(=O)N[C@@H](CCCN=C(N)N)C(N)=O.O=C(O)C(F)(F)F. The molecular weight excluding hydrogens is 595 g/mol. The van der Waals surface area contributed by atoms with Crippen molar-refractivity contribution < 1.29 is 47.4 Å². The van der Waals surface area contributed by atoms with Crippen LogP contribution in [-0.2, 0) is 30.4 Å². The molecule has 19 heteroatoms. The number of nitrogens with two attached hydrogens (primary N) is 4. The van der Waals surface area contributed by atoms with Gasteiger partial charge in [-0.1, -0.05) is 30.3 Å². The number of hydrogen-bond acceptors (Lipinski definition) is 8. The van der Waals surface area contributed by atoms with Crippen LogP contribution in [0.4, 0.5) is 13.2 Å². The van der Waals surface area contributed by atoms with Gasteiger partial charge in [0, 0.05) is 18.7 Å². The predicted molar refractivity (Wildman–Crippen MR) is 152 cm³/mol. The average Bonchev–Trinajstić information content (AvgIpc) is 2.94. The average molecular weight is 632 g/mol. The molecule has 3 atom stereocenters. The maximum absolute atomic E-state index is 13.0. The first-order valence-corrected chi connectivity index (χ1v) is 12.6. The third-order valence-corrected chi connectivity index (χ3v) is 5.42. The predicted octanol–water partition coefficient (Wildman–Crippen LogP) is -2.43. The number of carboxylic acids is 1. The van der Waals surface area contributed by atoms with Crippen LogP contribution in [0.1, 0.15) is 24.0 Å². The van der Waals surface area contributed by atoms with E-state index >= 15 is 0 Å². The molecule has 0 aliphatic rings. The molecule has 4 amide bonds. The number of alkyl halides is 3. The Kier molecular flexibility index (Phi) is 16.8. The summed E-state index contributed by atoms with van der Waals surface area (Å²) in [5.74, 6) is -7.41. The minimum atomic E-state index is -5.08. The molecule has 1 aromatic carbocycles. The third-order valence-electron chi connectivity index (χ3n) is 5.42. The number of halogens is 3. The van der Waals surface area contributed by atoms with Crippen molar-refractivity contribution in [1.82, 2.24) is 16.0 Å². The first-order chi connectivity index (χ1) is 20.4. The fourth-order valence-corrected chi connectivity index (χ4v) is 3.18. The molecule has 16 nitrogen and oxygen atoms in total. The minimum Gasteiger partial charge on any atom is -0.475 e. The number of amides is 4. The molecular formula is C25H36F3N9O7. The van der Waals surface area contributed by atoms with E-state index in [1.807, 2.05) is 0 Å². The summed E-state index contributed by atoms with van der Waals surface area (Å²) in [5.41, 5.74) is 22.4. The number of nitrogens with one attached hydrogen (secondary N) is 4. The molecule has 0 aromatic heterocycles. The van der Waals surface area contributed by atoms with Crippen LogP contribution in [-0.4, -0.2) is 89.6 Å². The van der Waals surface area contributed by atoms with Crippen molar-refractivity contribution in [2.75, 3.05) is 19.7 Å². The molecule has 0 saturated heterocycles. The summed E-state index contributed by atoms with van der Waals surface area (Å²) in [6.07, 6.45) is -3.24. The van der Waals surface area contributed by atoms with E-state index in [2.05, 4.69) is 27.5 Å². The molecule has 0 saturated carbocycles. The van der Waals surface area contributed by atoms with E-state index in [0.29, 0.717) is 17.5 Å². The lowest BCUT2D eigenvalue weighted by molar-refractivity contribution is -0.192. The number of primary amides is 1. The number of nitrogen functional groups attached to an aromatic ring is 1. The van der Waals surface area contributed by atoms with Gasteiger partial charge in [-0.15, -0.1) is 6.58 Å². The summed E-state index contributed by atoms with van der Waals surface area (Å²) >= 11 is 0. The Hall–Kier alpha value is -5.20. The van der Waals surface area contributed by atoms with Gasteiger partial charge in [-0.3, -0.25) is 29.6 Å². The van der Waals surface area contributed by atoms with Gasteiger partial charge < -0.3 is 49.1 Å². The van der Waals surface area contributed by atoms with Crippen LogP contribution in [0.25, 0.3) is 0 Å². The Morgan fingerprint density at radius 1 is 0.977 bits per heavy atom. The number of guanidine groups is 1. The molecule has 14 N–H and O–H groups in total. The number of hydrogen-bond donors (Lipinski definition) is 10. The second-order valence-corrected chi connectivity index (χ2v) is 8.86. The minimum absolute atomic E-state index is 0.0402. The molecule has 0 spiro atoms. The molecule has 244 valence electrons. The molecule has 44 heavy (non-hydrogen) atoms. The number of amidine groups is 1. The molecule has 0 aliphatic carbocycles. The molecule has 0 fully saturated rings. The van der Waals surface area contributed by atoms with Gasteiger partial charge in [-0.2, -0.15) is 13.2 Å². The fourth-order valence-electron chi connectivity index (χ4n) is 3.18. The Balaban J connectivity index is 0.00000234. The first-order valence-electron chi connectivity index (χ1n) is 12.6. The van der Waals surface area contributed by atoms with Crippen LogP contribution in [0.3, 0.4) is 0 Å². The Morgan fingerprint density at radius 2 is 1.52 bits per heavy atom. The standard InChI is InChI=1S/C23H35N9O5.C2HF3O2/c1-2-9-29-20(35)15(11-13-5-7-14(8-6-13)18(24)25)21(36)32-17(12-33)22(37)31-16(19(26)34)4-3-10-30-23(27)28;3-2(4,5)1(6)7/h2,5-8,15-17,33H,1,3-4,9-12H2,(H3,24,25)(H2,26,34)(H,29,35)(H,31,37)(H,32,36)(H4,27,28,30);(H,6,7)/t15?,16-,17?;/m0./s1. The van der Waals surface area contributed by atoms with Crippen LogP contribution in [0.2, 0.25) is 0 Å². The largest absolute Gasteiger partial charge is 0.490 e. The molecule has 1 aromatic rings. The maximum Gasteiger partial charge on any atom is 0.490 e. The first kappa shape index (κ1) is 38.8. The van der Waals surface area contributed by atoms with Gasteiger partial charge in [0.2, 0.25) is 23.6 Å². The van der Waals surface area contributed by atoms with Gasteiger partial charge in [-0.25, -0.2) is 4.79 Å². The monoisotopic (exact) mass is 631 g/mol. The van der Waals surface area contributed by atoms with Crippen molar-refractivity contribution in [2.24, 2.45) is 33.8 Å². The second kappa shape index (κ2) is 19.1. The molecule has 0 bridgehead atoms. The summed E-state index contributed by atoms with van der Waals surface area (Å²) in [4.78, 5) is 62.8. The lowest BCUT2D eigenvalue weighted by atomic mass is 9.96. The number of nitrogens with zero attached hydrogens (tertiary/aromatic N) is 1.